The monoisotopic (exact) mass is 303 g/mol. The van der Waals surface area contributed by atoms with E-state index in [0.29, 0.717) is 5.56 Å². The van der Waals surface area contributed by atoms with E-state index in [1.807, 2.05) is 0 Å². The van der Waals surface area contributed by atoms with E-state index >= 15 is 0 Å². The van der Waals surface area contributed by atoms with E-state index in [9.17, 15) is 18.5 Å². The van der Waals surface area contributed by atoms with E-state index in [1.165, 1.54) is 20.1 Å². The zero-order valence-corrected chi connectivity index (χ0v) is 12.2. The summed E-state index contributed by atoms with van der Waals surface area (Å²) in [4.78, 5) is 9.95. The number of sulfonamides is 1. The summed E-state index contributed by atoms with van der Waals surface area (Å²) in [6, 6.07) is 1.78. The molecule has 1 atom stereocenters. The van der Waals surface area contributed by atoms with E-state index in [-0.39, 0.29) is 17.2 Å². The molecule has 0 aliphatic carbocycles. The fourth-order valence-electron chi connectivity index (χ4n) is 1.76. The van der Waals surface area contributed by atoms with Gasteiger partial charge in [-0.1, -0.05) is 0 Å². The van der Waals surface area contributed by atoms with Gasteiger partial charge in [0.2, 0.25) is 10.0 Å². The third kappa shape index (κ3) is 3.65. The van der Waals surface area contributed by atoms with Gasteiger partial charge in [-0.3, -0.25) is 10.1 Å². The van der Waals surface area contributed by atoms with Gasteiger partial charge in [-0.2, -0.15) is 0 Å². The van der Waals surface area contributed by atoms with Gasteiger partial charge < -0.3 is 10.5 Å². The number of rotatable bonds is 6. The number of aryl methyl sites for hydroxylation is 1. The summed E-state index contributed by atoms with van der Waals surface area (Å²) in [6.07, 6.45) is 0. The molecule has 0 aliphatic heterocycles. The smallest absolute Gasteiger partial charge is 0.293 e. The van der Waals surface area contributed by atoms with E-state index in [1.54, 1.807) is 6.92 Å². The largest absolute Gasteiger partial charge is 0.393 e. The van der Waals surface area contributed by atoms with Crippen molar-refractivity contribution in [3.63, 3.8) is 0 Å². The van der Waals surface area contributed by atoms with Crippen molar-refractivity contribution >= 4 is 21.4 Å². The van der Waals surface area contributed by atoms with Crippen molar-refractivity contribution in [1.82, 2.24) is 4.72 Å². The standard InChI is InChI=1S/C11H17N3O5S/c1-7-4-9(12)10(14(15)16)5-11(7)20(17,18)13-8(2)6-19-3/h4-5,8,13H,6,12H2,1-3H3. The quantitative estimate of drug-likeness (QED) is 0.455. The number of nitrogens with two attached hydrogens (primary N) is 1. The number of ether oxygens (including phenoxy) is 1. The molecule has 8 nitrogen and oxygen atoms in total. The third-order valence-corrected chi connectivity index (χ3v) is 4.31. The molecule has 9 heteroatoms. The Hall–Kier alpha value is -1.71. The zero-order valence-electron chi connectivity index (χ0n) is 11.4. The normalized spacial score (nSPS) is 13.2. The van der Waals surface area contributed by atoms with Gasteiger partial charge in [0.1, 0.15) is 5.69 Å². The Balaban J connectivity index is 3.24. The summed E-state index contributed by atoms with van der Waals surface area (Å²) in [5.41, 5.74) is 5.34. The highest BCUT2D eigenvalue weighted by Crippen LogP contribution is 2.28. The first kappa shape index (κ1) is 16.3. The predicted octanol–water partition coefficient (Wildman–Crippen LogP) is 0.799. The molecule has 0 bridgehead atoms. The summed E-state index contributed by atoms with van der Waals surface area (Å²) in [5, 5.41) is 10.8. The Kier molecular flexibility index (Phi) is 5.03. The van der Waals surface area contributed by atoms with Gasteiger partial charge >= 0.3 is 0 Å². The van der Waals surface area contributed by atoms with Crippen molar-refractivity contribution in [3.05, 3.63) is 27.8 Å². The first-order chi connectivity index (χ1) is 9.19. The molecule has 0 aromatic heterocycles. The first-order valence-electron chi connectivity index (χ1n) is 5.74. The van der Waals surface area contributed by atoms with Crippen LogP contribution in [0.15, 0.2) is 17.0 Å². The van der Waals surface area contributed by atoms with Crippen LogP contribution in [0.5, 0.6) is 0 Å². The van der Waals surface area contributed by atoms with Crippen molar-refractivity contribution in [2.75, 3.05) is 19.5 Å². The Morgan fingerprint density at radius 3 is 2.60 bits per heavy atom. The Labute approximate surface area is 117 Å². The Morgan fingerprint density at radius 2 is 2.10 bits per heavy atom. The number of methoxy groups -OCH3 is 1. The second-order valence-electron chi connectivity index (χ2n) is 4.41. The lowest BCUT2D eigenvalue weighted by Crippen LogP contribution is -2.36. The SMILES string of the molecule is COCC(C)NS(=O)(=O)c1cc([N+](=O)[O-])c(N)cc1C. The van der Waals surface area contributed by atoms with Crippen molar-refractivity contribution in [2.24, 2.45) is 0 Å². The highest BCUT2D eigenvalue weighted by molar-refractivity contribution is 7.89. The van der Waals surface area contributed by atoms with E-state index in [4.69, 9.17) is 10.5 Å². The molecule has 1 aromatic rings. The van der Waals surface area contributed by atoms with Crippen LogP contribution in [-0.2, 0) is 14.8 Å². The average Bonchev–Trinajstić information content (AvgIpc) is 2.27. The molecule has 1 unspecified atom stereocenters. The molecule has 1 aromatic carbocycles. The van der Waals surface area contributed by atoms with Crippen molar-refractivity contribution in [2.45, 2.75) is 24.8 Å². The minimum absolute atomic E-state index is 0.0728. The van der Waals surface area contributed by atoms with Crippen LogP contribution in [0.2, 0.25) is 0 Å². The van der Waals surface area contributed by atoms with Crippen LogP contribution in [0.3, 0.4) is 0 Å². The maximum absolute atomic E-state index is 12.2. The molecule has 0 spiro atoms. The number of nitrogens with one attached hydrogen (secondary N) is 1. The number of hydrogen-bond acceptors (Lipinski definition) is 6. The zero-order chi connectivity index (χ0) is 15.5. The lowest BCUT2D eigenvalue weighted by Gasteiger charge is -2.15. The maximum Gasteiger partial charge on any atom is 0.293 e. The number of nitrogens with zero attached hydrogens (tertiary/aromatic N) is 1. The number of nitrogen functional groups attached to an aromatic ring is 1. The number of anilines is 1. The number of hydrogen-bond donors (Lipinski definition) is 2. The molecule has 1 rings (SSSR count). The molecule has 0 radical (unpaired) electrons. The highest BCUT2D eigenvalue weighted by atomic mass is 32.2. The highest BCUT2D eigenvalue weighted by Gasteiger charge is 2.24. The first-order valence-corrected chi connectivity index (χ1v) is 7.23. The molecule has 0 aliphatic rings. The minimum Gasteiger partial charge on any atom is -0.393 e. The van der Waals surface area contributed by atoms with E-state index in [0.717, 1.165) is 6.07 Å². The molecular weight excluding hydrogens is 286 g/mol. The second-order valence-corrected chi connectivity index (χ2v) is 6.09. The number of benzene rings is 1. The molecule has 3 N–H and O–H groups in total. The lowest BCUT2D eigenvalue weighted by atomic mass is 10.2. The van der Waals surface area contributed by atoms with Crippen LogP contribution >= 0.6 is 0 Å². The van der Waals surface area contributed by atoms with Crippen molar-refractivity contribution < 1.29 is 18.1 Å². The number of nitro benzene ring substituents is 1. The van der Waals surface area contributed by atoms with Gasteiger partial charge in [-0.15, -0.1) is 0 Å². The minimum atomic E-state index is -3.88. The number of nitro groups is 1. The van der Waals surface area contributed by atoms with Gasteiger partial charge in [0.15, 0.2) is 0 Å². The van der Waals surface area contributed by atoms with Crippen LogP contribution in [0.25, 0.3) is 0 Å². The molecule has 20 heavy (non-hydrogen) atoms. The van der Waals surface area contributed by atoms with Gasteiger partial charge in [0, 0.05) is 19.2 Å². The summed E-state index contributed by atoms with van der Waals surface area (Å²) in [6.45, 7) is 3.34. The summed E-state index contributed by atoms with van der Waals surface area (Å²) in [7, 11) is -2.43. The van der Waals surface area contributed by atoms with E-state index < -0.39 is 26.7 Å². The molecule has 0 heterocycles. The summed E-state index contributed by atoms with van der Waals surface area (Å²) >= 11 is 0. The van der Waals surface area contributed by atoms with Crippen LogP contribution < -0.4 is 10.5 Å². The average molecular weight is 303 g/mol. The van der Waals surface area contributed by atoms with Crippen LogP contribution in [0.4, 0.5) is 11.4 Å². The third-order valence-electron chi connectivity index (χ3n) is 2.58. The fraction of sp³-hybridized carbons (Fsp3) is 0.455. The summed E-state index contributed by atoms with van der Waals surface area (Å²) < 4.78 is 31.6. The fourth-order valence-corrected chi connectivity index (χ4v) is 3.23. The lowest BCUT2D eigenvalue weighted by molar-refractivity contribution is -0.384. The molecule has 0 amide bonds. The van der Waals surface area contributed by atoms with Gasteiger partial charge in [-0.25, -0.2) is 13.1 Å². The molecule has 0 saturated heterocycles. The molecule has 0 fully saturated rings. The Morgan fingerprint density at radius 1 is 1.50 bits per heavy atom. The van der Waals surface area contributed by atoms with Crippen LogP contribution in [0.1, 0.15) is 12.5 Å². The van der Waals surface area contributed by atoms with Gasteiger partial charge in [0.05, 0.1) is 16.4 Å². The van der Waals surface area contributed by atoms with Crippen molar-refractivity contribution in [1.29, 1.82) is 0 Å². The Bertz CT molecular complexity index is 615. The topological polar surface area (TPSA) is 125 Å². The van der Waals surface area contributed by atoms with Crippen LogP contribution in [0, 0.1) is 17.0 Å². The molecule has 0 saturated carbocycles. The van der Waals surface area contributed by atoms with Gasteiger partial charge in [-0.05, 0) is 25.5 Å². The van der Waals surface area contributed by atoms with Gasteiger partial charge in [0.25, 0.3) is 5.69 Å². The molecule has 112 valence electrons. The summed E-state index contributed by atoms with van der Waals surface area (Å²) in [5.74, 6) is 0. The van der Waals surface area contributed by atoms with Crippen molar-refractivity contribution in [3.8, 4) is 0 Å². The second kappa shape index (κ2) is 6.16. The van der Waals surface area contributed by atoms with Crippen LogP contribution in [-0.4, -0.2) is 33.1 Å². The van der Waals surface area contributed by atoms with E-state index in [2.05, 4.69) is 4.72 Å². The predicted molar refractivity (Wildman–Crippen MR) is 73.9 cm³/mol. The maximum atomic E-state index is 12.2. The molecular formula is C11H17N3O5S.